The zero-order valence-electron chi connectivity index (χ0n) is 21.9. The van der Waals surface area contributed by atoms with Gasteiger partial charge in [0, 0.05) is 56.1 Å². The summed E-state index contributed by atoms with van der Waals surface area (Å²) in [7, 11) is 0. The Morgan fingerprint density at radius 2 is 1.46 bits per heavy atom. The number of hydrogen-bond donors (Lipinski definition) is 1. The molecule has 0 aliphatic carbocycles. The molecule has 1 N–H and O–H groups in total. The number of anilines is 1. The van der Waals surface area contributed by atoms with Crippen LogP contribution in [-0.4, -0.2) is 74.6 Å². The first-order valence-electron chi connectivity index (χ1n) is 14.0. The molecule has 5 nitrogen and oxygen atoms in total. The van der Waals surface area contributed by atoms with E-state index in [2.05, 4.69) is 80.7 Å². The molecule has 5 heteroatoms. The van der Waals surface area contributed by atoms with Gasteiger partial charge in [0.25, 0.3) is 5.91 Å². The molecule has 0 bridgehead atoms. The van der Waals surface area contributed by atoms with Crippen LogP contribution in [0.15, 0.2) is 78.9 Å². The second kappa shape index (κ2) is 12.9. The van der Waals surface area contributed by atoms with Crippen molar-refractivity contribution in [1.29, 1.82) is 0 Å². The zero-order valence-corrected chi connectivity index (χ0v) is 21.9. The van der Waals surface area contributed by atoms with Gasteiger partial charge in [-0.25, -0.2) is 0 Å². The molecule has 0 aromatic heterocycles. The molecule has 194 valence electrons. The average molecular weight is 497 g/mol. The lowest BCUT2D eigenvalue weighted by Gasteiger charge is -2.37. The van der Waals surface area contributed by atoms with Crippen molar-refractivity contribution in [2.24, 2.45) is 0 Å². The highest BCUT2D eigenvalue weighted by molar-refractivity contribution is 5.96. The minimum absolute atomic E-state index is 0.0211. The maximum Gasteiger partial charge on any atom is 0.251 e. The predicted molar refractivity (Wildman–Crippen MR) is 153 cm³/mol. The summed E-state index contributed by atoms with van der Waals surface area (Å²) in [5, 5.41) is 3.13. The third-order valence-corrected chi connectivity index (χ3v) is 7.75. The zero-order chi connectivity index (χ0) is 25.3. The first-order valence-corrected chi connectivity index (χ1v) is 14.0. The van der Waals surface area contributed by atoms with Crippen LogP contribution in [0.3, 0.4) is 0 Å². The fourth-order valence-electron chi connectivity index (χ4n) is 5.58. The molecule has 3 aromatic carbocycles. The van der Waals surface area contributed by atoms with Gasteiger partial charge in [0.05, 0.1) is 0 Å². The highest BCUT2D eigenvalue weighted by Gasteiger charge is 2.20. The quantitative estimate of drug-likeness (QED) is 0.404. The molecule has 5 rings (SSSR count). The summed E-state index contributed by atoms with van der Waals surface area (Å²) in [5.41, 5.74) is 5.70. The molecular formula is C32H40N4O. The largest absolute Gasteiger partial charge is 0.368 e. The second-order valence-electron chi connectivity index (χ2n) is 10.3. The van der Waals surface area contributed by atoms with Crippen LogP contribution >= 0.6 is 0 Å². The second-order valence-corrected chi connectivity index (χ2v) is 10.3. The Morgan fingerprint density at radius 3 is 2.27 bits per heavy atom. The van der Waals surface area contributed by atoms with Crippen LogP contribution in [0.4, 0.5) is 5.69 Å². The number of piperazine rings is 1. The number of hydrogen-bond acceptors (Lipinski definition) is 4. The monoisotopic (exact) mass is 496 g/mol. The van der Waals surface area contributed by atoms with Crippen molar-refractivity contribution < 1.29 is 4.79 Å². The summed E-state index contributed by atoms with van der Waals surface area (Å²) >= 11 is 0. The Morgan fingerprint density at radius 1 is 0.730 bits per heavy atom. The maximum absolute atomic E-state index is 12.9. The van der Waals surface area contributed by atoms with E-state index in [0.717, 1.165) is 69.8 Å². The molecular weight excluding hydrogens is 456 g/mol. The number of para-hydroxylation sites is 1. The van der Waals surface area contributed by atoms with E-state index < -0.39 is 0 Å². The van der Waals surface area contributed by atoms with Gasteiger partial charge in [0.15, 0.2) is 0 Å². The van der Waals surface area contributed by atoms with Crippen molar-refractivity contribution in [3.63, 3.8) is 0 Å². The number of nitrogens with one attached hydrogen (secondary N) is 1. The van der Waals surface area contributed by atoms with Crippen LogP contribution in [0, 0.1) is 0 Å². The van der Waals surface area contributed by atoms with E-state index in [0.29, 0.717) is 0 Å². The van der Waals surface area contributed by atoms with E-state index in [4.69, 9.17) is 0 Å². The molecule has 37 heavy (non-hydrogen) atoms. The summed E-state index contributed by atoms with van der Waals surface area (Å²) < 4.78 is 0. The summed E-state index contributed by atoms with van der Waals surface area (Å²) in [6.45, 7) is 9.50. The van der Waals surface area contributed by atoms with Crippen molar-refractivity contribution in [3.05, 3.63) is 90.0 Å². The molecule has 0 saturated carbocycles. The Kier molecular flexibility index (Phi) is 8.88. The van der Waals surface area contributed by atoms with E-state index in [1.165, 1.54) is 42.7 Å². The first-order chi connectivity index (χ1) is 18.3. The topological polar surface area (TPSA) is 38.8 Å². The number of benzene rings is 3. The molecule has 2 saturated heterocycles. The predicted octanol–water partition coefficient (Wildman–Crippen LogP) is 4.93. The summed E-state index contributed by atoms with van der Waals surface area (Å²) in [5.74, 6) is 0.0211. The van der Waals surface area contributed by atoms with Gasteiger partial charge >= 0.3 is 0 Å². The number of carbonyl (C=O) groups is 1. The van der Waals surface area contributed by atoms with Gasteiger partial charge in [0.1, 0.15) is 0 Å². The Hall–Kier alpha value is -3.15. The third-order valence-electron chi connectivity index (χ3n) is 7.75. The minimum atomic E-state index is 0.0211. The molecule has 2 heterocycles. The van der Waals surface area contributed by atoms with Gasteiger partial charge in [-0.3, -0.25) is 9.69 Å². The molecule has 0 radical (unpaired) electrons. The molecule has 2 fully saturated rings. The van der Waals surface area contributed by atoms with Crippen LogP contribution in [0.2, 0.25) is 0 Å². The van der Waals surface area contributed by atoms with Crippen molar-refractivity contribution in [1.82, 2.24) is 15.1 Å². The van der Waals surface area contributed by atoms with Crippen molar-refractivity contribution >= 4 is 11.6 Å². The van der Waals surface area contributed by atoms with Crippen molar-refractivity contribution in [2.75, 3.05) is 63.8 Å². The lowest BCUT2D eigenvalue weighted by Crippen LogP contribution is -2.47. The van der Waals surface area contributed by atoms with E-state index in [1.807, 2.05) is 18.2 Å². The highest BCUT2D eigenvalue weighted by Crippen LogP contribution is 2.32. The Labute approximate surface area is 222 Å². The maximum atomic E-state index is 12.9. The third kappa shape index (κ3) is 7.00. The highest BCUT2D eigenvalue weighted by atomic mass is 16.1. The fraction of sp³-hybridized carbons (Fsp3) is 0.406. The standard InChI is InChI=1S/C32H40N4O/c37-32(33-17-9-20-34-18-6-7-19-34)29-13-8-12-28(26-29)30-14-4-5-15-31(30)36-24-22-35(23-25-36)21-16-27-10-2-1-3-11-27/h1-5,8,10-15,26H,6-7,9,16-25H2,(H,33,37). The number of carbonyl (C=O) groups excluding carboxylic acids is 1. The lowest BCUT2D eigenvalue weighted by atomic mass is 10.00. The first kappa shape index (κ1) is 25.5. The van der Waals surface area contributed by atoms with E-state index in [9.17, 15) is 4.79 Å². The van der Waals surface area contributed by atoms with Gasteiger partial charge in [-0.15, -0.1) is 0 Å². The minimum Gasteiger partial charge on any atom is -0.368 e. The van der Waals surface area contributed by atoms with Crippen LogP contribution in [0.5, 0.6) is 0 Å². The summed E-state index contributed by atoms with van der Waals surface area (Å²) in [6, 6.07) is 27.5. The smallest absolute Gasteiger partial charge is 0.251 e. The molecule has 2 aliphatic heterocycles. The van der Waals surface area contributed by atoms with Gasteiger partial charge in [-0.1, -0.05) is 60.7 Å². The number of amides is 1. The molecule has 0 spiro atoms. The van der Waals surface area contributed by atoms with Gasteiger partial charge in [-0.05, 0) is 74.6 Å². The summed E-state index contributed by atoms with van der Waals surface area (Å²) in [4.78, 5) is 20.4. The number of rotatable bonds is 10. The molecule has 0 unspecified atom stereocenters. The van der Waals surface area contributed by atoms with Gasteiger partial charge in [0.2, 0.25) is 0 Å². The van der Waals surface area contributed by atoms with Crippen LogP contribution in [0.1, 0.15) is 35.2 Å². The van der Waals surface area contributed by atoms with Gasteiger partial charge < -0.3 is 15.1 Å². The van der Waals surface area contributed by atoms with Crippen LogP contribution in [-0.2, 0) is 6.42 Å². The molecule has 3 aromatic rings. The van der Waals surface area contributed by atoms with E-state index in [1.54, 1.807) is 0 Å². The van der Waals surface area contributed by atoms with E-state index in [-0.39, 0.29) is 5.91 Å². The van der Waals surface area contributed by atoms with E-state index >= 15 is 0 Å². The molecule has 1 amide bonds. The molecule has 2 aliphatic rings. The average Bonchev–Trinajstić information content (AvgIpc) is 3.49. The van der Waals surface area contributed by atoms with Gasteiger partial charge in [-0.2, -0.15) is 0 Å². The molecule has 0 atom stereocenters. The van der Waals surface area contributed by atoms with Crippen LogP contribution < -0.4 is 10.2 Å². The Balaban J connectivity index is 1.17. The Bertz CT molecular complexity index is 1130. The number of nitrogens with zero attached hydrogens (tertiary/aromatic N) is 3. The SMILES string of the molecule is O=C(NCCCN1CCCC1)c1cccc(-c2ccccc2N2CCN(CCc3ccccc3)CC2)c1. The lowest BCUT2D eigenvalue weighted by molar-refractivity contribution is 0.0952. The van der Waals surface area contributed by atoms with Crippen molar-refractivity contribution in [3.8, 4) is 11.1 Å². The van der Waals surface area contributed by atoms with Crippen molar-refractivity contribution in [2.45, 2.75) is 25.7 Å². The number of likely N-dealkylation sites (tertiary alicyclic amines) is 1. The summed E-state index contributed by atoms with van der Waals surface area (Å²) in [6.07, 6.45) is 4.73. The fourth-order valence-corrected chi connectivity index (χ4v) is 5.58. The van der Waals surface area contributed by atoms with Crippen LogP contribution in [0.25, 0.3) is 11.1 Å². The normalized spacial score (nSPS) is 16.7.